The number of benzene rings is 1. The van der Waals surface area contributed by atoms with Crippen molar-refractivity contribution in [1.29, 1.82) is 5.26 Å². The molecule has 0 saturated carbocycles. The fourth-order valence-corrected chi connectivity index (χ4v) is 2.08. The monoisotopic (exact) mass is 231 g/mol. The Bertz CT molecular complexity index is 364. The van der Waals surface area contributed by atoms with Crippen LogP contribution in [0.2, 0.25) is 0 Å². The fraction of sp³-hybridized carbons (Fsp3) is 0.533. The van der Waals surface area contributed by atoms with E-state index >= 15 is 0 Å². The van der Waals surface area contributed by atoms with Crippen molar-refractivity contribution < 1.29 is 5.11 Å². The van der Waals surface area contributed by atoms with Crippen LogP contribution in [0.25, 0.3) is 0 Å². The van der Waals surface area contributed by atoms with Crippen LogP contribution >= 0.6 is 0 Å². The van der Waals surface area contributed by atoms with E-state index in [0.29, 0.717) is 11.5 Å². The van der Waals surface area contributed by atoms with E-state index in [1.807, 2.05) is 12.1 Å². The summed E-state index contributed by atoms with van der Waals surface area (Å²) in [5.41, 5.74) is 1.56. The Labute approximate surface area is 104 Å². The predicted octanol–water partition coefficient (Wildman–Crippen LogP) is 3.81. The molecule has 92 valence electrons. The minimum atomic E-state index is -0.403. The highest BCUT2D eigenvalue weighted by Gasteiger charge is 2.18. The highest BCUT2D eigenvalue weighted by molar-refractivity contribution is 5.32. The van der Waals surface area contributed by atoms with Crippen LogP contribution in [0, 0.1) is 17.2 Å². The molecule has 0 heterocycles. The zero-order valence-electron chi connectivity index (χ0n) is 10.7. The van der Waals surface area contributed by atoms with Gasteiger partial charge in [0.15, 0.2) is 0 Å². The van der Waals surface area contributed by atoms with Gasteiger partial charge in [-0.05, 0) is 30.0 Å². The molecule has 2 atom stereocenters. The minimum Gasteiger partial charge on any atom is -0.388 e. The predicted molar refractivity (Wildman–Crippen MR) is 69.4 cm³/mol. The molecular weight excluding hydrogens is 210 g/mol. The highest BCUT2D eigenvalue weighted by atomic mass is 16.3. The number of unbranched alkanes of at least 4 members (excludes halogenated alkanes) is 1. The van der Waals surface area contributed by atoms with Crippen LogP contribution in [-0.4, -0.2) is 5.11 Å². The number of nitriles is 1. The molecule has 2 heteroatoms. The van der Waals surface area contributed by atoms with E-state index in [-0.39, 0.29) is 0 Å². The summed E-state index contributed by atoms with van der Waals surface area (Å²) in [6.07, 6.45) is 3.97. The fourth-order valence-electron chi connectivity index (χ4n) is 2.08. The summed E-state index contributed by atoms with van der Waals surface area (Å²) in [7, 11) is 0. The summed E-state index contributed by atoms with van der Waals surface area (Å²) in [5.74, 6) is 0.322. The summed E-state index contributed by atoms with van der Waals surface area (Å²) >= 11 is 0. The lowest BCUT2D eigenvalue weighted by Crippen LogP contribution is -2.11. The van der Waals surface area contributed by atoms with E-state index in [1.165, 1.54) is 0 Å². The Balaban J connectivity index is 2.72. The van der Waals surface area contributed by atoms with Crippen molar-refractivity contribution >= 4 is 0 Å². The molecule has 2 nitrogen and oxygen atoms in total. The first kappa shape index (κ1) is 13.7. The molecule has 0 radical (unpaired) electrons. The molecule has 0 fully saturated rings. The number of rotatable bonds is 6. The Morgan fingerprint density at radius 3 is 2.35 bits per heavy atom. The number of hydrogen-bond donors (Lipinski definition) is 1. The van der Waals surface area contributed by atoms with Crippen LogP contribution < -0.4 is 0 Å². The van der Waals surface area contributed by atoms with E-state index in [4.69, 9.17) is 5.26 Å². The van der Waals surface area contributed by atoms with Crippen LogP contribution in [0.1, 0.15) is 56.8 Å². The second kappa shape index (κ2) is 7.09. The van der Waals surface area contributed by atoms with Crippen LogP contribution in [0.15, 0.2) is 24.3 Å². The zero-order chi connectivity index (χ0) is 12.7. The Kier molecular flexibility index (Phi) is 5.72. The van der Waals surface area contributed by atoms with Crippen molar-refractivity contribution in [2.75, 3.05) is 0 Å². The summed E-state index contributed by atoms with van der Waals surface area (Å²) in [4.78, 5) is 0. The summed E-state index contributed by atoms with van der Waals surface area (Å²) in [6, 6.07) is 9.34. The molecule has 2 unspecified atom stereocenters. The summed E-state index contributed by atoms with van der Waals surface area (Å²) in [6.45, 7) is 4.29. The lowest BCUT2D eigenvalue weighted by Gasteiger charge is -2.21. The van der Waals surface area contributed by atoms with Gasteiger partial charge in [0.05, 0.1) is 17.7 Å². The third kappa shape index (κ3) is 3.87. The van der Waals surface area contributed by atoms with Gasteiger partial charge in [-0.2, -0.15) is 5.26 Å². The maximum atomic E-state index is 10.3. The second-order valence-electron chi connectivity index (χ2n) is 4.49. The number of nitrogens with zero attached hydrogens (tertiary/aromatic N) is 1. The van der Waals surface area contributed by atoms with Gasteiger partial charge >= 0.3 is 0 Å². The molecule has 1 N–H and O–H groups in total. The van der Waals surface area contributed by atoms with E-state index in [9.17, 15) is 5.11 Å². The maximum Gasteiger partial charge on any atom is 0.0991 e. The van der Waals surface area contributed by atoms with E-state index in [1.54, 1.807) is 12.1 Å². The normalized spacial score (nSPS) is 14.0. The Hall–Kier alpha value is -1.33. The van der Waals surface area contributed by atoms with E-state index in [2.05, 4.69) is 19.9 Å². The Morgan fingerprint density at radius 1 is 1.24 bits per heavy atom. The van der Waals surface area contributed by atoms with Crippen molar-refractivity contribution in [3.63, 3.8) is 0 Å². The summed E-state index contributed by atoms with van der Waals surface area (Å²) < 4.78 is 0. The molecule has 0 bridgehead atoms. The van der Waals surface area contributed by atoms with Crippen LogP contribution in [0.3, 0.4) is 0 Å². The van der Waals surface area contributed by atoms with Gasteiger partial charge in [-0.1, -0.05) is 45.2 Å². The SMILES string of the molecule is CCCCC(CC)C(O)c1ccc(C#N)cc1. The zero-order valence-corrected chi connectivity index (χ0v) is 10.7. The standard InChI is InChI=1S/C15H21NO/c1-3-5-6-13(4-2)15(17)14-9-7-12(11-16)8-10-14/h7-10,13,15,17H,3-6H2,1-2H3. The molecule has 0 amide bonds. The quantitative estimate of drug-likeness (QED) is 0.809. The molecule has 0 aliphatic carbocycles. The van der Waals surface area contributed by atoms with Gasteiger partial charge in [-0.15, -0.1) is 0 Å². The lowest BCUT2D eigenvalue weighted by atomic mass is 9.89. The Morgan fingerprint density at radius 2 is 1.88 bits per heavy atom. The van der Waals surface area contributed by atoms with Crippen molar-refractivity contribution in [1.82, 2.24) is 0 Å². The van der Waals surface area contributed by atoms with Crippen LogP contribution in [0.5, 0.6) is 0 Å². The summed E-state index contributed by atoms with van der Waals surface area (Å²) in [5, 5.41) is 19.0. The largest absolute Gasteiger partial charge is 0.388 e. The van der Waals surface area contributed by atoms with Gasteiger partial charge in [0.1, 0.15) is 0 Å². The van der Waals surface area contributed by atoms with Gasteiger partial charge in [-0.3, -0.25) is 0 Å². The lowest BCUT2D eigenvalue weighted by molar-refractivity contribution is 0.0989. The van der Waals surface area contributed by atoms with Crippen molar-refractivity contribution in [2.45, 2.75) is 45.6 Å². The molecular formula is C15H21NO. The average Bonchev–Trinajstić information content (AvgIpc) is 2.39. The van der Waals surface area contributed by atoms with Crippen LogP contribution in [0.4, 0.5) is 0 Å². The number of aliphatic hydroxyl groups excluding tert-OH is 1. The first-order valence-corrected chi connectivity index (χ1v) is 6.41. The molecule has 1 aromatic carbocycles. The molecule has 0 aliphatic rings. The number of aliphatic hydroxyl groups is 1. The van der Waals surface area contributed by atoms with Crippen molar-refractivity contribution in [3.05, 3.63) is 35.4 Å². The van der Waals surface area contributed by atoms with Gasteiger partial charge < -0.3 is 5.11 Å². The molecule has 0 aromatic heterocycles. The molecule has 1 aromatic rings. The van der Waals surface area contributed by atoms with Crippen molar-refractivity contribution in [2.24, 2.45) is 5.92 Å². The van der Waals surface area contributed by atoms with Crippen molar-refractivity contribution in [3.8, 4) is 6.07 Å². The molecule has 17 heavy (non-hydrogen) atoms. The van der Waals surface area contributed by atoms with E-state index in [0.717, 1.165) is 31.2 Å². The van der Waals surface area contributed by atoms with E-state index < -0.39 is 6.10 Å². The van der Waals surface area contributed by atoms with Gasteiger partial charge in [0.2, 0.25) is 0 Å². The van der Waals surface area contributed by atoms with Gasteiger partial charge in [0.25, 0.3) is 0 Å². The average molecular weight is 231 g/mol. The van der Waals surface area contributed by atoms with Gasteiger partial charge in [0, 0.05) is 0 Å². The topological polar surface area (TPSA) is 44.0 Å². The smallest absolute Gasteiger partial charge is 0.0991 e. The second-order valence-corrected chi connectivity index (χ2v) is 4.49. The maximum absolute atomic E-state index is 10.3. The first-order valence-electron chi connectivity index (χ1n) is 6.41. The number of hydrogen-bond acceptors (Lipinski definition) is 2. The molecule has 0 aliphatic heterocycles. The minimum absolute atomic E-state index is 0.322. The molecule has 1 rings (SSSR count). The highest BCUT2D eigenvalue weighted by Crippen LogP contribution is 2.28. The first-order chi connectivity index (χ1) is 8.22. The third-order valence-corrected chi connectivity index (χ3v) is 3.28. The third-order valence-electron chi connectivity index (χ3n) is 3.28. The molecule has 0 spiro atoms. The molecule has 0 saturated heterocycles. The van der Waals surface area contributed by atoms with Gasteiger partial charge in [-0.25, -0.2) is 0 Å². The van der Waals surface area contributed by atoms with Crippen LogP contribution in [-0.2, 0) is 0 Å².